The van der Waals surface area contributed by atoms with E-state index >= 15 is 0 Å². The molecule has 0 fully saturated rings. The van der Waals surface area contributed by atoms with Crippen molar-refractivity contribution in [2.75, 3.05) is 5.73 Å². The minimum absolute atomic E-state index is 0.0193. The number of non-ortho nitro benzene ring substituents is 1. The molecule has 1 heterocycles. The Morgan fingerprint density at radius 1 is 1.05 bits per heavy atom. The van der Waals surface area contributed by atoms with E-state index in [0.29, 0.717) is 10.9 Å². The molecule has 3 rings (SSSR count). The van der Waals surface area contributed by atoms with E-state index in [0.717, 1.165) is 0 Å². The van der Waals surface area contributed by atoms with Crippen LogP contribution in [0, 0.1) is 10.1 Å². The first-order chi connectivity index (χ1) is 9.66. The van der Waals surface area contributed by atoms with Gasteiger partial charge in [0.2, 0.25) is 5.95 Å². The number of benzene rings is 2. The third-order valence-electron chi connectivity index (χ3n) is 2.46. The molecule has 2 aromatic carbocycles. The minimum atomic E-state index is -0.463. The van der Waals surface area contributed by atoms with E-state index in [1.807, 2.05) is 36.4 Å². The quantitative estimate of drug-likeness (QED) is 0.541. The zero-order chi connectivity index (χ0) is 14.4. The first-order valence-electron chi connectivity index (χ1n) is 5.83. The van der Waals surface area contributed by atoms with Crippen molar-refractivity contribution in [3.8, 4) is 0 Å². The summed E-state index contributed by atoms with van der Waals surface area (Å²) in [5.41, 5.74) is 5.99. The van der Waals surface area contributed by atoms with Crippen LogP contribution in [0.3, 0.4) is 0 Å². The minimum Gasteiger partial charge on any atom is -0.368 e. The van der Waals surface area contributed by atoms with Crippen molar-refractivity contribution < 1.29 is 4.92 Å². The Morgan fingerprint density at radius 3 is 2.20 bits per heavy atom. The fourth-order valence-corrected chi connectivity index (χ4v) is 1.53. The molecule has 0 saturated heterocycles. The number of hydrogen-bond acceptors (Lipinski definition) is 5. The topological polar surface area (TPSA) is 94.9 Å². The third-order valence-corrected chi connectivity index (χ3v) is 2.46. The lowest BCUT2D eigenvalue weighted by Gasteiger charge is -1.97. The van der Waals surface area contributed by atoms with Crippen LogP contribution in [0.25, 0.3) is 10.9 Å². The Hall–Kier alpha value is -3.02. The number of fused-ring (bicyclic) bond motifs is 1. The van der Waals surface area contributed by atoms with Gasteiger partial charge >= 0.3 is 0 Å². The molecular formula is C14H12N4O2. The van der Waals surface area contributed by atoms with Gasteiger partial charge in [-0.3, -0.25) is 10.1 Å². The van der Waals surface area contributed by atoms with Crippen LogP contribution >= 0.6 is 0 Å². The Morgan fingerprint density at radius 2 is 1.65 bits per heavy atom. The summed E-state index contributed by atoms with van der Waals surface area (Å²) in [7, 11) is 0. The fourth-order valence-electron chi connectivity index (χ4n) is 1.53. The van der Waals surface area contributed by atoms with Crippen molar-refractivity contribution >= 4 is 22.5 Å². The van der Waals surface area contributed by atoms with Crippen molar-refractivity contribution in [1.29, 1.82) is 0 Å². The highest BCUT2D eigenvalue weighted by molar-refractivity contribution is 5.80. The molecule has 3 aromatic rings. The van der Waals surface area contributed by atoms with Crippen LogP contribution in [0.15, 0.2) is 60.8 Å². The van der Waals surface area contributed by atoms with Gasteiger partial charge in [-0.1, -0.05) is 36.4 Å². The number of rotatable bonds is 1. The molecule has 100 valence electrons. The predicted octanol–water partition coefficient (Wildman–Crippen LogP) is 2.81. The van der Waals surface area contributed by atoms with Crippen LogP contribution in [-0.2, 0) is 0 Å². The molecule has 1 aromatic heterocycles. The molecule has 6 heteroatoms. The lowest BCUT2D eigenvalue weighted by Crippen LogP contribution is -1.94. The molecule has 0 atom stereocenters. The molecule has 0 spiro atoms. The molecule has 0 aliphatic heterocycles. The van der Waals surface area contributed by atoms with Crippen molar-refractivity contribution in [3.05, 3.63) is 70.9 Å². The van der Waals surface area contributed by atoms with Gasteiger partial charge in [-0.25, -0.2) is 9.97 Å². The Balaban J connectivity index is 0.000000205. The smallest absolute Gasteiger partial charge is 0.270 e. The zero-order valence-electron chi connectivity index (χ0n) is 10.5. The second-order valence-electron chi connectivity index (χ2n) is 3.88. The van der Waals surface area contributed by atoms with Crippen LogP contribution in [0.4, 0.5) is 11.6 Å². The van der Waals surface area contributed by atoms with Crippen LogP contribution in [0.5, 0.6) is 0 Å². The van der Waals surface area contributed by atoms with Crippen LogP contribution < -0.4 is 5.73 Å². The first-order valence-corrected chi connectivity index (χ1v) is 5.83. The first kappa shape index (κ1) is 13.4. The highest BCUT2D eigenvalue weighted by Crippen LogP contribution is 2.18. The van der Waals surface area contributed by atoms with Gasteiger partial charge in [-0.15, -0.1) is 0 Å². The summed E-state index contributed by atoms with van der Waals surface area (Å²) in [6.45, 7) is 0. The van der Waals surface area contributed by atoms with E-state index in [2.05, 4.69) is 9.97 Å². The molecule has 0 radical (unpaired) electrons. The highest BCUT2D eigenvalue weighted by Gasteiger charge is 2.06. The van der Waals surface area contributed by atoms with Gasteiger partial charge in [0.1, 0.15) is 0 Å². The van der Waals surface area contributed by atoms with Gasteiger partial charge < -0.3 is 5.73 Å². The van der Waals surface area contributed by atoms with Crippen molar-refractivity contribution in [3.63, 3.8) is 0 Å². The van der Waals surface area contributed by atoms with E-state index in [4.69, 9.17) is 5.73 Å². The second-order valence-corrected chi connectivity index (χ2v) is 3.88. The number of nitrogen functional groups attached to an aromatic ring is 1. The normalized spacial score (nSPS) is 9.60. The summed E-state index contributed by atoms with van der Waals surface area (Å²) in [5.74, 6) is 0.159. The summed E-state index contributed by atoms with van der Waals surface area (Å²) in [4.78, 5) is 17.7. The molecule has 0 aliphatic rings. The van der Waals surface area contributed by atoms with Crippen LogP contribution in [-0.4, -0.2) is 14.9 Å². The zero-order valence-corrected chi connectivity index (χ0v) is 10.5. The van der Waals surface area contributed by atoms with E-state index in [9.17, 15) is 10.1 Å². The number of anilines is 1. The van der Waals surface area contributed by atoms with Crippen molar-refractivity contribution in [2.45, 2.75) is 0 Å². The molecule has 0 bridgehead atoms. The van der Waals surface area contributed by atoms with E-state index < -0.39 is 4.92 Å². The third kappa shape index (κ3) is 3.49. The number of hydrogen-bond donors (Lipinski definition) is 1. The maximum Gasteiger partial charge on any atom is 0.270 e. The maximum absolute atomic E-state index is 10.5. The van der Waals surface area contributed by atoms with Gasteiger partial charge in [-0.05, 0) is 6.07 Å². The summed E-state index contributed by atoms with van der Waals surface area (Å²) < 4.78 is 0. The molecule has 20 heavy (non-hydrogen) atoms. The molecule has 0 amide bonds. The van der Waals surface area contributed by atoms with Gasteiger partial charge in [0.05, 0.1) is 10.4 Å². The Labute approximate surface area is 115 Å². The highest BCUT2D eigenvalue weighted by atomic mass is 16.6. The monoisotopic (exact) mass is 268 g/mol. The molecule has 2 N–H and O–H groups in total. The summed E-state index contributed by atoms with van der Waals surface area (Å²) >= 11 is 0. The number of nitro benzene ring substituents is 1. The van der Waals surface area contributed by atoms with E-state index in [-0.39, 0.29) is 11.6 Å². The summed E-state index contributed by atoms with van der Waals surface area (Å²) in [6.07, 6.45) is 1.46. The van der Waals surface area contributed by atoms with Gasteiger partial charge in [0, 0.05) is 23.7 Å². The number of aromatic nitrogens is 2. The fraction of sp³-hybridized carbons (Fsp3) is 0. The van der Waals surface area contributed by atoms with E-state index in [1.54, 1.807) is 6.07 Å². The Kier molecular flexibility index (Phi) is 4.18. The van der Waals surface area contributed by atoms with Crippen LogP contribution in [0.2, 0.25) is 0 Å². The molecule has 0 saturated carbocycles. The van der Waals surface area contributed by atoms with Crippen LogP contribution in [0.1, 0.15) is 0 Å². The van der Waals surface area contributed by atoms with Gasteiger partial charge in [0.15, 0.2) is 0 Å². The number of nitrogens with zero attached hydrogens (tertiary/aromatic N) is 3. The average molecular weight is 268 g/mol. The SMILES string of the molecule is Nc1ncc2cc([N+](=O)[O-])ccc2n1.c1ccccc1. The average Bonchev–Trinajstić information content (AvgIpc) is 2.49. The summed E-state index contributed by atoms with van der Waals surface area (Å²) in [5, 5.41) is 11.1. The number of nitro groups is 1. The Bertz CT molecular complexity index is 690. The van der Waals surface area contributed by atoms with Crippen molar-refractivity contribution in [2.24, 2.45) is 0 Å². The second kappa shape index (κ2) is 6.24. The largest absolute Gasteiger partial charge is 0.368 e. The predicted molar refractivity (Wildman–Crippen MR) is 77.0 cm³/mol. The van der Waals surface area contributed by atoms with Crippen molar-refractivity contribution in [1.82, 2.24) is 9.97 Å². The molecule has 0 unspecified atom stereocenters. The maximum atomic E-state index is 10.5. The van der Waals surface area contributed by atoms with Gasteiger partial charge in [-0.2, -0.15) is 0 Å². The summed E-state index contributed by atoms with van der Waals surface area (Å²) in [6, 6.07) is 16.3. The number of nitrogens with two attached hydrogens (primary N) is 1. The molecule has 6 nitrogen and oxygen atoms in total. The molecule has 0 aliphatic carbocycles. The van der Waals surface area contributed by atoms with E-state index in [1.165, 1.54) is 18.3 Å². The molecular weight excluding hydrogens is 256 g/mol. The lowest BCUT2D eigenvalue weighted by molar-refractivity contribution is -0.384. The van der Waals surface area contributed by atoms with Gasteiger partial charge in [0.25, 0.3) is 5.69 Å². The standard InChI is InChI=1S/C8H6N4O2.C6H6/c9-8-10-4-5-3-6(12(13)14)1-2-7(5)11-8;1-2-4-6-5-3-1/h1-4H,(H2,9,10,11);1-6H. The lowest BCUT2D eigenvalue weighted by atomic mass is 10.2.